The topological polar surface area (TPSA) is 26.3 Å². The molecule has 1 aliphatic carbocycles. The summed E-state index contributed by atoms with van der Waals surface area (Å²) in [5.41, 5.74) is 0.229. The van der Waals surface area contributed by atoms with Crippen LogP contribution >= 0.6 is 0 Å². The molecule has 74 valence electrons. The lowest BCUT2D eigenvalue weighted by Crippen LogP contribution is -2.21. The number of carbonyl (C=O) groups excluding carboxylic acids is 1. The van der Waals surface area contributed by atoms with Gasteiger partial charge in [-0.15, -0.1) is 0 Å². The number of hydrogen-bond donors (Lipinski definition) is 0. The number of carbonyl (C=O) groups is 1. The minimum absolute atomic E-state index is 0.0767. The van der Waals surface area contributed by atoms with Gasteiger partial charge < -0.3 is 4.74 Å². The van der Waals surface area contributed by atoms with E-state index in [1.54, 1.807) is 0 Å². The predicted octanol–water partition coefficient (Wildman–Crippen LogP) is 2.54. The van der Waals surface area contributed by atoms with E-state index in [0.717, 1.165) is 6.42 Å². The van der Waals surface area contributed by atoms with Gasteiger partial charge in [0.2, 0.25) is 0 Å². The molecule has 0 aromatic heterocycles. The number of esters is 1. The highest BCUT2D eigenvalue weighted by Gasteiger charge is 2.32. The van der Waals surface area contributed by atoms with E-state index in [1.807, 2.05) is 6.92 Å². The summed E-state index contributed by atoms with van der Waals surface area (Å²) in [6.45, 7) is 6.71. The van der Waals surface area contributed by atoms with E-state index in [2.05, 4.69) is 26.0 Å². The summed E-state index contributed by atoms with van der Waals surface area (Å²) in [5.74, 6) is 0.277. The van der Waals surface area contributed by atoms with Gasteiger partial charge in [0.25, 0.3) is 0 Å². The van der Waals surface area contributed by atoms with Crippen molar-refractivity contribution in [2.24, 2.45) is 11.3 Å². The number of hydrogen-bond acceptors (Lipinski definition) is 2. The van der Waals surface area contributed by atoms with Crippen LogP contribution in [-0.4, -0.2) is 12.6 Å². The SMILES string of the molecule is CCOC(=O)CC1C=CCC1(C)C. The maximum Gasteiger partial charge on any atom is 0.306 e. The van der Waals surface area contributed by atoms with Crippen LogP contribution in [0.15, 0.2) is 12.2 Å². The molecule has 0 heterocycles. The van der Waals surface area contributed by atoms with Gasteiger partial charge in [-0.3, -0.25) is 4.79 Å². The van der Waals surface area contributed by atoms with E-state index < -0.39 is 0 Å². The van der Waals surface area contributed by atoms with Crippen molar-refractivity contribution in [3.63, 3.8) is 0 Å². The minimum Gasteiger partial charge on any atom is -0.466 e. The molecular formula is C11H18O2. The molecule has 0 aromatic rings. The highest BCUT2D eigenvalue weighted by molar-refractivity contribution is 5.70. The molecule has 0 saturated heterocycles. The molecule has 2 nitrogen and oxygen atoms in total. The van der Waals surface area contributed by atoms with E-state index in [-0.39, 0.29) is 11.4 Å². The molecule has 0 saturated carbocycles. The van der Waals surface area contributed by atoms with Crippen molar-refractivity contribution in [2.75, 3.05) is 6.61 Å². The van der Waals surface area contributed by atoms with Crippen molar-refractivity contribution >= 4 is 5.97 Å². The molecule has 0 amide bonds. The van der Waals surface area contributed by atoms with Crippen LogP contribution in [0.3, 0.4) is 0 Å². The van der Waals surface area contributed by atoms with Crippen molar-refractivity contribution in [3.05, 3.63) is 12.2 Å². The van der Waals surface area contributed by atoms with E-state index in [9.17, 15) is 4.79 Å². The molecule has 1 rings (SSSR count). The van der Waals surface area contributed by atoms with Gasteiger partial charge in [-0.1, -0.05) is 26.0 Å². The average molecular weight is 182 g/mol. The first-order chi connectivity index (χ1) is 6.06. The van der Waals surface area contributed by atoms with E-state index in [0.29, 0.717) is 18.9 Å². The largest absolute Gasteiger partial charge is 0.466 e. The first kappa shape index (κ1) is 10.3. The Kier molecular flexibility index (Phi) is 3.12. The van der Waals surface area contributed by atoms with Gasteiger partial charge in [0, 0.05) is 0 Å². The van der Waals surface area contributed by atoms with E-state index >= 15 is 0 Å². The third-order valence-electron chi connectivity index (χ3n) is 2.71. The average Bonchev–Trinajstić information content (AvgIpc) is 2.31. The standard InChI is InChI=1S/C11H18O2/c1-4-13-10(12)8-9-6-5-7-11(9,2)3/h5-6,9H,4,7-8H2,1-3H3. The lowest BCUT2D eigenvalue weighted by atomic mass is 9.79. The highest BCUT2D eigenvalue weighted by Crippen LogP contribution is 2.39. The van der Waals surface area contributed by atoms with Crippen molar-refractivity contribution in [1.82, 2.24) is 0 Å². The summed E-state index contributed by atoms with van der Waals surface area (Å²) in [6, 6.07) is 0. The molecule has 0 radical (unpaired) electrons. The van der Waals surface area contributed by atoms with Crippen LogP contribution in [0.5, 0.6) is 0 Å². The van der Waals surface area contributed by atoms with Crippen molar-refractivity contribution in [3.8, 4) is 0 Å². The molecule has 0 spiro atoms. The predicted molar refractivity (Wildman–Crippen MR) is 52.3 cm³/mol. The summed E-state index contributed by atoms with van der Waals surface area (Å²) in [4.78, 5) is 11.2. The summed E-state index contributed by atoms with van der Waals surface area (Å²) < 4.78 is 4.92. The van der Waals surface area contributed by atoms with Crippen LogP contribution in [0.25, 0.3) is 0 Å². The van der Waals surface area contributed by atoms with Crippen molar-refractivity contribution in [1.29, 1.82) is 0 Å². The fourth-order valence-electron chi connectivity index (χ4n) is 1.69. The van der Waals surface area contributed by atoms with Gasteiger partial charge in [-0.2, -0.15) is 0 Å². The first-order valence-corrected chi connectivity index (χ1v) is 4.88. The van der Waals surface area contributed by atoms with Gasteiger partial charge in [-0.25, -0.2) is 0 Å². The normalized spacial score (nSPS) is 24.7. The summed E-state index contributed by atoms with van der Waals surface area (Å²) in [6.07, 6.45) is 5.88. The Labute approximate surface area is 80.0 Å². The Balaban J connectivity index is 2.45. The zero-order chi connectivity index (χ0) is 9.90. The molecule has 1 unspecified atom stereocenters. The third kappa shape index (κ3) is 2.58. The maximum atomic E-state index is 11.2. The van der Waals surface area contributed by atoms with Crippen LogP contribution in [0, 0.1) is 11.3 Å². The second kappa shape index (κ2) is 3.95. The summed E-state index contributed by atoms with van der Waals surface area (Å²) >= 11 is 0. The van der Waals surface area contributed by atoms with Gasteiger partial charge in [0.1, 0.15) is 0 Å². The monoisotopic (exact) mass is 182 g/mol. The Hall–Kier alpha value is -0.790. The molecule has 13 heavy (non-hydrogen) atoms. The van der Waals surface area contributed by atoms with Crippen LogP contribution in [-0.2, 0) is 9.53 Å². The Morgan fingerprint density at radius 1 is 1.62 bits per heavy atom. The van der Waals surface area contributed by atoms with Gasteiger partial charge in [0.05, 0.1) is 13.0 Å². The lowest BCUT2D eigenvalue weighted by molar-refractivity contribution is -0.144. The second-order valence-electron chi connectivity index (χ2n) is 4.24. The third-order valence-corrected chi connectivity index (χ3v) is 2.71. The van der Waals surface area contributed by atoms with Crippen LogP contribution < -0.4 is 0 Å². The molecule has 0 fully saturated rings. The van der Waals surface area contributed by atoms with Gasteiger partial charge in [-0.05, 0) is 24.7 Å². The molecule has 0 bridgehead atoms. The molecule has 1 aliphatic rings. The van der Waals surface area contributed by atoms with Crippen LogP contribution in [0.1, 0.15) is 33.6 Å². The zero-order valence-corrected chi connectivity index (χ0v) is 8.67. The smallest absolute Gasteiger partial charge is 0.306 e. The van der Waals surface area contributed by atoms with Gasteiger partial charge in [0.15, 0.2) is 0 Å². The minimum atomic E-state index is -0.0767. The molecule has 0 aromatic carbocycles. The molecule has 1 atom stereocenters. The van der Waals surface area contributed by atoms with E-state index in [1.165, 1.54) is 0 Å². The molecule has 2 heteroatoms. The lowest BCUT2D eigenvalue weighted by Gasteiger charge is -2.25. The van der Waals surface area contributed by atoms with Crippen molar-refractivity contribution < 1.29 is 9.53 Å². The Morgan fingerprint density at radius 2 is 2.31 bits per heavy atom. The fraction of sp³-hybridized carbons (Fsp3) is 0.727. The maximum absolute atomic E-state index is 11.2. The first-order valence-electron chi connectivity index (χ1n) is 4.88. The zero-order valence-electron chi connectivity index (χ0n) is 8.67. The molecule has 0 aliphatic heterocycles. The van der Waals surface area contributed by atoms with Gasteiger partial charge >= 0.3 is 5.97 Å². The molecule has 0 N–H and O–H groups in total. The second-order valence-corrected chi connectivity index (χ2v) is 4.24. The van der Waals surface area contributed by atoms with Crippen LogP contribution in [0.2, 0.25) is 0 Å². The van der Waals surface area contributed by atoms with Crippen molar-refractivity contribution in [2.45, 2.75) is 33.6 Å². The Bertz CT molecular complexity index is 216. The number of rotatable bonds is 3. The number of ether oxygens (including phenoxy) is 1. The van der Waals surface area contributed by atoms with Crippen LogP contribution in [0.4, 0.5) is 0 Å². The van der Waals surface area contributed by atoms with E-state index in [4.69, 9.17) is 4.74 Å². The summed E-state index contributed by atoms with van der Waals surface area (Å²) in [5, 5.41) is 0. The fourth-order valence-corrected chi connectivity index (χ4v) is 1.69. The quantitative estimate of drug-likeness (QED) is 0.495. The highest BCUT2D eigenvalue weighted by atomic mass is 16.5. The number of allylic oxidation sites excluding steroid dienone is 2. The summed E-state index contributed by atoms with van der Waals surface area (Å²) in [7, 11) is 0. The Morgan fingerprint density at radius 3 is 2.77 bits per heavy atom. The molecular weight excluding hydrogens is 164 g/mol.